The van der Waals surface area contributed by atoms with Gasteiger partial charge in [-0.15, -0.1) is 0 Å². The third-order valence-electron chi connectivity index (χ3n) is 3.51. The van der Waals surface area contributed by atoms with E-state index in [4.69, 9.17) is 10.5 Å². The lowest BCUT2D eigenvalue weighted by molar-refractivity contribution is 0.0374. The summed E-state index contributed by atoms with van der Waals surface area (Å²) in [5.41, 5.74) is 7.54. The van der Waals surface area contributed by atoms with Crippen molar-refractivity contribution in [3.8, 4) is 0 Å². The van der Waals surface area contributed by atoms with Crippen LogP contribution in [-0.2, 0) is 4.74 Å². The molecular weight excluding hydrogens is 234 g/mol. The van der Waals surface area contributed by atoms with Gasteiger partial charge in [0.25, 0.3) is 0 Å². The Hall–Kier alpha value is -1.38. The lowest BCUT2D eigenvalue weighted by Crippen LogP contribution is -2.29. The Balaban J connectivity index is 2.26. The van der Waals surface area contributed by atoms with Crippen LogP contribution in [0.2, 0.25) is 0 Å². The molecule has 0 aliphatic heterocycles. The zero-order valence-corrected chi connectivity index (χ0v) is 11.8. The smallest absolute Gasteiger partial charge is 0.0767 e. The quantitative estimate of drug-likeness (QED) is 0.847. The molecule has 0 aliphatic rings. The van der Waals surface area contributed by atoms with Crippen LogP contribution in [0, 0.1) is 0 Å². The third-order valence-corrected chi connectivity index (χ3v) is 3.51. The Kier molecular flexibility index (Phi) is 4.94. The molecule has 0 amide bonds. The highest BCUT2D eigenvalue weighted by atomic mass is 16.5. The molecular formula is C17H23NO. The maximum absolute atomic E-state index is 6.38. The Bertz CT molecular complexity index is 517. The summed E-state index contributed by atoms with van der Waals surface area (Å²) < 4.78 is 5.79. The topological polar surface area (TPSA) is 35.2 Å². The molecule has 2 atom stereocenters. The average Bonchev–Trinajstić information content (AvgIpc) is 2.46. The molecule has 2 aromatic carbocycles. The number of hydrogen-bond acceptors (Lipinski definition) is 2. The van der Waals surface area contributed by atoms with Gasteiger partial charge in [0.1, 0.15) is 0 Å². The van der Waals surface area contributed by atoms with E-state index in [0.29, 0.717) is 6.61 Å². The molecule has 0 aliphatic carbocycles. The lowest BCUT2D eigenvalue weighted by atomic mass is 9.96. The first-order valence-corrected chi connectivity index (χ1v) is 7.12. The van der Waals surface area contributed by atoms with E-state index in [1.807, 2.05) is 6.92 Å². The van der Waals surface area contributed by atoms with E-state index >= 15 is 0 Å². The number of nitrogens with two attached hydrogens (primary N) is 1. The van der Waals surface area contributed by atoms with Gasteiger partial charge in [-0.25, -0.2) is 0 Å². The molecule has 0 bridgehead atoms. The molecule has 2 rings (SSSR count). The number of rotatable bonds is 6. The van der Waals surface area contributed by atoms with E-state index in [1.165, 1.54) is 10.8 Å². The molecule has 102 valence electrons. The maximum Gasteiger partial charge on any atom is 0.0767 e. The van der Waals surface area contributed by atoms with E-state index in [0.717, 1.165) is 18.4 Å². The number of benzene rings is 2. The van der Waals surface area contributed by atoms with Gasteiger partial charge in [-0.05, 0) is 35.7 Å². The molecule has 0 spiro atoms. The molecule has 19 heavy (non-hydrogen) atoms. The SMILES string of the molecule is CCCC(OCC)C(N)c1ccc2ccccc2c1. The van der Waals surface area contributed by atoms with Crippen LogP contribution in [0.4, 0.5) is 0 Å². The summed E-state index contributed by atoms with van der Waals surface area (Å²) in [6.07, 6.45) is 2.20. The third kappa shape index (κ3) is 3.34. The largest absolute Gasteiger partial charge is 0.377 e. The predicted molar refractivity (Wildman–Crippen MR) is 81.2 cm³/mol. The van der Waals surface area contributed by atoms with Gasteiger partial charge in [0, 0.05) is 6.61 Å². The summed E-state index contributed by atoms with van der Waals surface area (Å²) in [6, 6.07) is 14.8. The van der Waals surface area contributed by atoms with Crippen molar-refractivity contribution < 1.29 is 4.74 Å². The number of ether oxygens (including phenoxy) is 1. The van der Waals surface area contributed by atoms with Crippen molar-refractivity contribution in [2.24, 2.45) is 5.73 Å². The summed E-state index contributed by atoms with van der Waals surface area (Å²) in [5.74, 6) is 0. The van der Waals surface area contributed by atoms with Gasteiger partial charge in [0.2, 0.25) is 0 Å². The highest BCUT2D eigenvalue weighted by Crippen LogP contribution is 2.24. The molecule has 2 N–H and O–H groups in total. The van der Waals surface area contributed by atoms with Crippen LogP contribution in [0.15, 0.2) is 42.5 Å². The molecule has 0 heterocycles. The van der Waals surface area contributed by atoms with Crippen LogP contribution in [0.3, 0.4) is 0 Å². The Labute approximate surface area is 115 Å². The van der Waals surface area contributed by atoms with Crippen LogP contribution in [-0.4, -0.2) is 12.7 Å². The minimum Gasteiger partial charge on any atom is -0.377 e. The van der Waals surface area contributed by atoms with Gasteiger partial charge in [0.05, 0.1) is 12.1 Å². The van der Waals surface area contributed by atoms with Gasteiger partial charge in [0.15, 0.2) is 0 Å². The average molecular weight is 257 g/mol. The second-order valence-corrected chi connectivity index (χ2v) is 4.91. The van der Waals surface area contributed by atoms with Crippen LogP contribution < -0.4 is 5.73 Å². The number of fused-ring (bicyclic) bond motifs is 1. The Morgan fingerprint density at radius 3 is 2.47 bits per heavy atom. The van der Waals surface area contributed by atoms with Crippen LogP contribution in [0.1, 0.15) is 38.3 Å². The molecule has 2 unspecified atom stereocenters. The number of hydrogen-bond donors (Lipinski definition) is 1. The fourth-order valence-electron chi connectivity index (χ4n) is 2.49. The second kappa shape index (κ2) is 6.69. The van der Waals surface area contributed by atoms with Crippen molar-refractivity contribution in [2.45, 2.75) is 38.8 Å². The first-order chi connectivity index (χ1) is 9.26. The van der Waals surface area contributed by atoms with Crippen molar-refractivity contribution in [2.75, 3.05) is 6.61 Å². The molecule has 2 nitrogen and oxygen atoms in total. The van der Waals surface area contributed by atoms with Gasteiger partial charge in [-0.3, -0.25) is 0 Å². The van der Waals surface area contributed by atoms with Gasteiger partial charge in [-0.2, -0.15) is 0 Å². The van der Waals surface area contributed by atoms with Gasteiger partial charge < -0.3 is 10.5 Å². The van der Waals surface area contributed by atoms with Crippen LogP contribution >= 0.6 is 0 Å². The molecule has 0 saturated carbocycles. The zero-order valence-electron chi connectivity index (χ0n) is 11.8. The maximum atomic E-state index is 6.38. The van der Waals surface area contributed by atoms with E-state index in [-0.39, 0.29) is 12.1 Å². The molecule has 2 aromatic rings. The van der Waals surface area contributed by atoms with E-state index in [9.17, 15) is 0 Å². The predicted octanol–water partition coefficient (Wildman–Crippen LogP) is 4.04. The van der Waals surface area contributed by atoms with Crippen molar-refractivity contribution in [3.05, 3.63) is 48.0 Å². The van der Waals surface area contributed by atoms with Crippen molar-refractivity contribution >= 4 is 10.8 Å². The monoisotopic (exact) mass is 257 g/mol. The summed E-state index contributed by atoms with van der Waals surface area (Å²) >= 11 is 0. The van der Waals surface area contributed by atoms with E-state index in [1.54, 1.807) is 0 Å². The standard InChI is InChI=1S/C17H23NO/c1-3-7-16(19-4-2)17(18)15-11-10-13-8-5-6-9-14(13)12-15/h5-6,8-12,16-17H,3-4,7,18H2,1-2H3. The van der Waals surface area contributed by atoms with Gasteiger partial charge in [-0.1, -0.05) is 49.7 Å². The summed E-state index contributed by atoms with van der Waals surface area (Å²) in [7, 11) is 0. The molecule has 0 fully saturated rings. The van der Waals surface area contributed by atoms with Crippen LogP contribution in [0.5, 0.6) is 0 Å². The summed E-state index contributed by atoms with van der Waals surface area (Å²) in [4.78, 5) is 0. The van der Waals surface area contributed by atoms with Crippen molar-refractivity contribution in [1.29, 1.82) is 0 Å². The summed E-state index contributed by atoms with van der Waals surface area (Å²) in [5, 5.41) is 2.49. The zero-order chi connectivity index (χ0) is 13.7. The first kappa shape index (κ1) is 14.0. The molecule has 0 saturated heterocycles. The minimum atomic E-state index is -0.0514. The fourth-order valence-corrected chi connectivity index (χ4v) is 2.49. The Morgan fingerprint density at radius 1 is 1.05 bits per heavy atom. The highest BCUT2D eigenvalue weighted by molar-refractivity contribution is 5.83. The summed E-state index contributed by atoms with van der Waals surface area (Å²) in [6.45, 7) is 4.90. The second-order valence-electron chi connectivity index (χ2n) is 4.91. The lowest BCUT2D eigenvalue weighted by Gasteiger charge is -2.24. The highest BCUT2D eigenvalue weighted by Gasteiger charge is 2.19. The van der Waals surface area contributed by atoms with Crippen molar-refractivity contribution in [1.82, 2.24) is 0 Å². The normalized spacial score (nSPS) is 14.5. The molecule has 0 radical (unpaired) electrons. The van der Waals surface area contributed by atoms with Crippen LogP contribution in [0.25, 0.3) is 10.8 Å². The van der Waals surface area contributed by atoms with Gasteiger partial charge >= 0.3 is 0 Å². The first-order valence-electron chi connectivity index (χ1n) is 7.12. The minimum absolute atomic E-state index is 0.0514. The van der Waals surface area contributed by atoms with Crippen molar-refractivity contribution in [3.63, 3.8) is 0 Å². The molecule has 0 aromatic heterocycles. The molecule has 2 heteroatoms. The fraction of sp³-hybridized carbons (Fsp3) is 0.412. The van der Waals surface area contributed by atoms with E-state index < -0.39 is 0 Å². The van der Waals surface area contributed by atoms with E-state index in [2.05, 4.69) is 49.4 Å². The Morgan fingerprint density at radius 2 is 1.79 bits per heavy atom.